The van der Waals surface area contributed by atoms with Crippen molar-refractivity contribution in [3.63, 3.8) is 0 Å². The molecule has 0 radical (unpaired) electrons. The highest BCUT2D eigenvalue weighted by Gasteiger charge is 2.25. The van der Waals surface area contributed by atoms with E-state index in [1.54, 1.807) is 0 Å². The van der Waals surface area contributed by atoms with Gasteiger partial charge in [0, 0.05) is 32.0 Å². The molecule has 0 spiro atoms. The van der Waals surface area contributed by atoms with Gasteiger partial charge in [-0.1, -0.05) is 38.3 Å². The molecule has 1 aromatic heterocycles. The minimum atomic E-state index is 0.209. The van der Waals surface area contributed by atoms with E-state index in [0.717, 1.165) is 49.6 Å². The molecule has 3 rings (SSSR count). The number of nitrogens with zero attached hydrogens (tertiary/aromatic N) is 3. The van der Waals surface area contributed by atoms with Gasteiger partial charge in [0.05, 0.1) is 11.0 Å². The number of para-hydroxylation sites is 2. The predicted octanol–water partition coefficient (Wildman–Crippen LogP) is 4.25. The highest BCUT2D eigenvalue weighted by atomic mass is 16.1. The number of hydrogen-bond donors (Lipinski definition) is 1. The number of imidazole rings is 1. The first-order valence-electron chi connectivity index (χ1n) is 11.4. The summed E-state index contributed by atoms with van der Waals surface area (Å²) in [5.41, 5.74) is 2.22. The lowest BCUT2D eigenvalue weighted by molar-refractivity contribution is -0.126. The molecular formula is C24H38N4O. The van der Waals surface area contributed by atoms with Crippen LogP contribution in [0.15, 0.2) is 24.3 Å². The van der Waals surface area contributed by atoms with E-state index in [-0.39, 0.29) is 11.8 Å². The van der Waals surface area contributed by atoms with Gasteiger partial charge in [-0.3, -0.25) is 4.79 Å². The van der Waals surface area contributed by atoms with Gasteiger partial charge in [-0.05, 0) is 57.8 Å². The number of carbonyl (C=O) groups excluding carboxylic acids is 1. The molecule has 1 heterocycles. The summed E-state index contributed by atoms with van der Waals surface area (Å²) in [6, 6.07) is 8.31. The van der Waals surface area contributed by atoms with Gasteiger partial charge < -0.3 is 14.8 Å². The normalized spacial score (nSPS) is 19.7. The molecule has 0 saturated heterocycles. The summed E-state index contributed by atoms with van der Waals surface area (Å²) in [5.74, 6) is 2.36. The molecule has 2 aromatic rings. The zero-order valence-electron chi connectivity index (χ0n) is 18.5. The molecule has 1 aliphatic carbocycles. The van der Waals surface area contributed by atoms with Crippen molar-refractivity contribution < 1.29 is 4.79 Å². The van der Waals surface area contributed by atoms with Crippen molar-refractivity contribution in [2.75, 3.05) is 27.2 Å². The summed E-state index contributed by atoms with van der Waals surface area (Å²) >= 11 is 0. The third kappa shape index (κ3) is 6.05. The fraction of sp³-hybridized carbons (Fsp3) is 0.667. The number of fused-ring (bicyclic) bond motifs is 1. The second-order valence-corrected chi connectivity index (χ2v) is 8.87. The van der Waals surface area contributed by atoms with E-state index < -0.39 is 0 Å². The second-order valence-electron chi connectivity index (χ2n) is 8.87. The average Bonchev–Trinajstić information content (AvgIpc) is 3.08. The Balaban J connectivity index is 1.52. The Morgan fingerprint density at radius 2 is 1.97 bits per heavy atom. The fourth-order valence-electron chi connectivity index (χ4n) is 4.51. The van der Waals surface area contributed by atoms with Crippen molar-refractivity contribution in [2.45, 2.75) is 64.8 Å². The molecule has 1 aromatic carbocycles. The zero-order valence-corrected chi connectivity index (χ0v) is 18.5. The number of benzene rings is 1. The number of hydrogen-bond acceptors (Lipinski definition) is 3. The number of amides is 1. The molecule has 5 heteroatoms. The number of nitrogens with one attached hydrogen (secondary N) is 1. The topological polar surface area (TPSA) is 50.2 Å². The molecule has 5 nitrogen and oxygen atoms in total. The number of aromatic nitrogens is 2. The maximum atomic E-state index is 12.6. The Morgan fingerprint density at radius 1 is 1.21 bits per heavy atom. The van der Waals surface area contributed by atoms with E-state index in [4.69, 9.17) is 4.98 Å². The summed E-state index contributed by atoms with van der Waals surface area (Å²) in [6.07, 6.45) is 9.28. The first-order valence-corrected chi connectivity index (χ1v) is 11.4. The number of likely N-dealkylation sites (N-methyl/N-ethyl adjacent to an activating group) is 1. The second kappa shape index (κ2) is 10.8. The first-order chi connectivity index (χ1) is 14.1. The van der Waals surface area contributed by atoms with E-state index in [9.17, 15) is 4.79 Å². The predicted molar refractivity (Wildman–Crippen MR) is 120 cm³/mol. The van der Waals surface area contributed by atoms with Crippen molar-refractivity contribution in [1.82, 2.24) is 19.8 Å². The summed E-state index contributed by atoms with van der Waals surface area (Å²) < 4.78 is 2.31. The van der Waals surface area contributed by atoms with Crippen LogP contribution < -0.4 is 5.32 Å². The lowest BCUT2D eigenvalue weighted by Crippen LogP contribution is -2.34. The van der Waals surface area contributed by atoms with E-state index in [0.29, 0.717) is 6.54 Å². The van der Waals surface area contributed by atoms with Crippen LogP contribution in [0.2, 0.25) is 0 Å². The van der Waals surface area contributed by atoms with Crippen LogP contribution in [-0.2, 0) is 17.8 Å². The van der Waals surface area contributed by atoms with Gasteiger partial charge in [0.15, 0.2) is 0 Å². The summed E-state index contributed by atoms with van der Waals surface area (Å²) in [6.45, 7) is 4.81. The molecule has 1 fully saturated rings. The van der Waals surface area contributed by atoms with E-state index >= 15 is 0 Å². The van der Waals surface area contributed by atoms with Crippen LogP contribution >= 0.6 is 0 Å². The highest BCUT2D eigenvalue weighted by molar-refractivity contribution is 5.79. The highest BCUT2D eigenvalue weighted by Crippen LogP contribution is 2.31. The van der Waals surface area contributed by atoms with Crippen LogP contribution in [0.1, 0.15) is 57.7 Å². The molecular weight excluding hydrogens is 360 g/mol. The molecule has 0 bridgehead atoms. The fourth-order valence-corrected chi connectivity index (χ4v) is 4.51. The molecule has 1 saturated carbocycles. The SMILES string of the molecule is CCCCC1CCC(C(=O)NCCc2nc3ccccc3n2CCN(C)C)CC1. The van der Waals surface area contributed by atoms with Gasteiger partial charge in [-0.25, -0.2) is 4.98 Å². The standard InChI is InChI=1S/C24H38N4O/c1-4-5-8-19-11-13-20(14-12-19)24(29)25-16-15-23-26-21-9-6-7-10-22(21)28(23)18-17-27(2)3/h6-7,9-10,19-20H,4-5,8,11-18H2,1-3H3,(H,25,29). The Hall–Kier alpha value is -1.88. The van der Waals surface area contributed by atoms with Crippen molar-refractivity contribution in [3.8, 4) is 0 Å². The minimum absolute atomic E-state index is 0.209. The number of carbonyl (C=O) groups is 1. The molecule has 1 aliphatic rings. The summed E-state index contributed by atoms with van der Waals surface area (Å²) in [4.78, 5) is 19.7. The third-order valence-electron chi connectivity index (χ3n) is 6.34. The quantitative estimate of drug-likeness (QED) is 0.651. The van der Waals surface area contributed by atoms with Gasteiger partial charge in [-0.15, -0.1) is 0 Å². The average molecular weight is 399 g/mol. The maximum absolute atomic E-state index is 12.6. The van der Waals surface area contributed by atoms with Crippen LogP contribution in [-0.4, -0.2) is 47.5 Å². The van der Waals surface area contributed by atoms with Crippen LogP contribution in [0.25, 0.3) is 11.0 Å². The minimum Gasteiger partial charge on any atom is -0.355 e. The van der Waals surface area contributed by atoms with E-state index in [1.165, 1.54) is 37.6 Å². The van der Waals surface area contributed by atoms with Crippen LogP contribution in [0, 0.1) is 11.8 Å². The Labute approximate surface area is 175 Å². The Kier molecular flexibility index (Phi) is 8.10. The Bertz CT molecular complexity index is 774. The first kappa shape index (κ1) is 21.8. The number of rotatable bonds is 10. The van der Waals surface area contributed by atoms with Crippen molar-refractivity contribution >= 4 is 16.9 Å². The van der Waals surface area contributed by atoms with Crippen molar-refractivity contribution in [3.05, 3.63) is 30.1 Å². The van der Waals surface area contributed by atoms with Crippen molar-refractivity contribution in [1.29, 1.82) is 0 Å². The molecule has 0 unspecified atom stereocenters. The third-order valence-corrected chi connectivity index (χ3v) is 6.34. The summed E-state index contributed by atoms with van der Waals surface area (Å²) in [7, 11) is 4.19. The number of unbranched alkanes of at least 4 members (excludes halogenated alkanes) is 1. The van der Waals surface area contributed by atoms with Crippen LogP contribution in [0.3, 0.4) is 0 Å². The molecule has 1 amide bonds. The maximum Gasteiger partial charge on any atom is 0.223 e. The Morgan fingerprint density at radius 3 is 2.69 bits per heavy atom. The van der Waals surface area contributed by atoms with Gasteiger partial charge in [-0.2, -0.15) is 0 Å². The van der Waals surface area contributed by atoms with Crippen LogP contribution in [0.4, 0.5) is 0 Å². The van der Waals surface area contributed by atoms with Gasteiger partial charge in [0.2, 0.25) is 5.91 Å². The molecule has 0 aliphatic heterocycles. The smallest absolute Gasteiger partial charge is 0.223 e. The molecule has 29 heavy (non-hydrogen) atoms. The molecule has 0 atom stereocenters. The van der Waals surface area contributed by atoms with Gasteiger partial charge in [0.25, 0.3) is 0 Å². The molecule has 1 N–H and O–H groups in total. The van der Waals surface area contributed by atoms with E-state index in [1.807, 2.05) is 6.07 Å². The van der Waals surface area contributed by atoms with Gasteiger partial charge in [0.1, 0.15) is 5.82 Å². The lowest BCUT2D eigenvalue weighted by Gasteiger charge is -2.27. The lowest BCUT2D eigenvalue weighted by atomic mass is 9.79. The van der Waals surface area contributed by atoms with E-state index in [2.05, 4.69) is 54.0 Å². The molecule has 160 valence electrons. The largest absolute Gasteiger partial charge is 0.355 e. The van der Waals surface area contributed by atoms with Gasteiger partial charge >= 0.3 is 0 Å². The van der Waals surface area contributed by atoms with Crippen LogP contribution in [0.5, 0.6) is 0 Å². The summed E-state index contributed by atoms with van der Waals surface area (Å²) in [5, 5.41) is 3.19. The van der Waals surface area contributed by atoms with Crippen molar-refractivity contribution in [2.24, 2.45) is 11.8 Å². The monoisotopic (exact) mass is 398 g/mol. The zero-order chi connectivity index (χ0) is 20.6.